The van der Waals surface area contributed by atoms with Crippen molar-refractivity contribution in [3.8, 4) is 5.75 Å². The van der Waals surface area contributed by atoms with E-state index in [2.05, 4.69) is 13.8 Å². The molecule has 0 aliphatic heterocycles. The Morgan fingerprint density at radius 2 is 2.12 bits per heavy atom. The van der Waals surface area contributed by atoms with Crippen LogP contribution in [0.3, 0.4) is 0 Å². The van der Waals surface area contributed by atoms with Crippen molar-refractivity contribution in [2.24, 2.45) is 5.73 Å². The van der Waals surface area contributed by atoms with Crippen LogP contribution in [0.4, 0.5) is 0 Å². The molecular formula is C13H20ClNO. The number of halogens is 1. The molecule has 0 aliphatic rings. The quantitative estimate of drug-likeness (QED) is 0.857. The first-order chi connectivity index (χ1) is 7.60. The van der Waals surface area contributed by atoms with Gasteiger partial charge in [-0.1, -0.05) is 18.5 Å². The van der Waals surface area contributed by atoms with E-state index in [-0.39, 0.29) is 0 Å². The van der Waals surface area contributed by atoms with E-state index in [4.69, 9.17) is 22.1 Å². The van der Waals surface area contributed by atoms with Crippen molar-refractivity contribution in [2.75, 3.05) is 13.7 Å². The maximum Gasteiger partial charge on any atom is 0.137 e. The van der Waals surface area contributed by atoms with Crippen LogP contribution in [0, 0.1) is 6.92 Å². The molecule has 0 saturated carbocycles. The zero-order valence-electron chi connectivity index (χ0n) is 10.2. The van der Waals surface area contributed by atoms with E-state index < -0.39 is 0 Å². The molecule has 0 saturated heterocycles. The van der Waals surface area contributed by atoms with Crippen LogP contribution in [0.15, 0.2) is 12.1 Å². The Kier molecular flexibility index (Phi) is 5.10. The molecule has 2 N–H and O–H groups in total. The molecule has 0 fully saturated rings. The van der Waals surface area contributed by atoms with Gasteiger partial charge in [0.15, 0.2) is 0 Å². The lowest BCUT2D eigenvalue weighted by atomic mass is 9.92. The summed E-state index contributed by atoms with van der Waals surface area (Å²) in [4.78, 5) is 0. The second-order valence-corrected chi connectivity index (χ2v) is 4.58. The van der Waals surface area contributed by atoms with Gasteiger partial charge >= 0.3 is 0 Å². The van der Waals surface area contributed by atoms with Crippen molar-refractivity contribution >= 4 is 11.6 Å². The molecule has 0 bridgehead atoms. The summed E-state index contributed by atoms with van der Waals surface area (Å²) in [5.41, 5.74) is 8.04. The summed E-state index contributed by atoms with van der Waals surface area (Å²) < 4.78 is 5.19. The minimum absolute atomic E-state index is 0.493. The molecular weight excluding hydrogens is 222 g/mol. The number of methoxy groups -OCH3 is 1. The molecule has 1 rings (SSSR count). The first-order valence-electron chi connectivity index (χ1n) is 5.64. The lowest BCUT2D eigenvalue weighted by Gasteiger charge is -2.16. The molecule has 3 heteroatoms. The van der Waals surface area contributed by atoms with E-state index in [1.54, 1.807) is 7.11 Å². The van der Waals surface area contributed by atoms with Crippen molar-refractivity contribution in [1.29, 1.82) is 0 Å². The first-order valence-corrected chi connectivity index (χ1v) is 6.02. The molecule has 0 heterocycles. The number of hydrogen-bond donors (Lipinski definition) is 1. The van der Waals surface area contributed by atoms with Crippen molar-refractivity contribution in [2.45, 2.75) is 32.6 Å². The monoisotopic (exact) mass is 241 g/mol. The standard InChI is InChI=1S/C13H20ClNO/c1-9(5-4-6-15)11-8-12(14)13(16-3)7-10(11)2/h7-9H,4-6,15H2,1-3H3. The summed E-state index contributed by atoms with van der Waals surface area (Å²) in [6.07, 6.45) is 2.14. The molecule has 0 aliphatic carbocycles. The Balaban J connectivity index is 2.92. The molecule has 1 aromatic carbocycles. The number of rotatable bonds is 5. The number of ether oxygens (including phenoxy) is 1. The SMILES string of the molecule is COc1cc(C)c(C(C)CCCN)cc1Cl. The van der Waals surface area contributed by atoms with E-state index in [9.17, 15) is 0 Å². The zero-order chi connectivity index (χ0) is 12.1. The van der Waals surface area contributed by atoms with Gasteiger partial charge in [0.1, 0.15) is 5.75 Å². The summed E-state index contributed by atoms with van der Waals surface area (Å²) in [5, 5.41) is 0.683. The van der Waals surface area contributed by atoms with Gasteiger partial charge in [0.2, 0.25) is 0 Å². The van der Waals surface area contributed by atoms with Crippen LogP contribution in [0.1, 0.15) is 36.8 Å². The highest BCUT2D eigenvalue weighted by atomic mass is 35.5. The van der Waals surface area contributed by atoms with Crippen LogP contribution in [0.25, 0.3) is 0 Å². The van der Waals surface area contributed by atoms with E-state index in [0.29, 0.717) is 10.9 Å². The lowest BCUT2D eigenvalue weighted by Crippen LogP contribution is -2.03. The van der Waals surface area contributed by atoms with Gasteiger partial charge in [0, 0.05) is 0 Å². The number of nitrogens with two attached hydrogens (primary N) is 1. The van der Waals surface area contributed by atoms with E-state index in [1.807, 2.05) is 12.1 Å². The largest absolute Gasteiger partial charge is 0.495 e. The molecule has 1 unspecified atom stereocenters. The Bertz CT molecular complexity index is 352. The second-order valence-electron chi connectivity index (χ2n) is 4.18. The van der Waals surface area contributed by atoms with Crippen LogP contribution in [-0.4, -0.2) is 13.7 Å². The highest BCUT2D eigenvalue weighted by molar-refractivity contribution is 6.32. The van der Waals surface area contributed by atoms with Crippen LogP contribution in [0.5, 0.6) is 5.75 Å². The summed E-state index contributed by atoms with van der Waals surface area (Å²) in [6, 6.07) is 4.01. The molecule has 0 aromatic heterocycles. The van der Waals surface area contributed by atoms with E-state index >= 15 is 0 Å². The van der Waals surface area contributed by atoms with Crippen molar-refractivity contribution in [1.82, 2.24) is 0 Å². The van der Waals surface area contributed by atoms with Crippen molar-refractivity contribution in [3.63, 3.8) is 0 Å². The van der Waals surface area contributed by atoms with E-state index in [0.717, 1.165) is 25.1 Å². The fourth-order valence-electron chi connectivity index (χ4n) is 1.94. The summed E-state index contributed by atoms with van der Waals surface area (Å²) in [6.45, 7) is 5.04. The van der Waals surface area contributed by atoms with Gasteiger partial charge in [-0.3, -0.25) is 0 Å². The average molecular weight is 242 g/mol. The number of hydrogen-bond acceptors (Lipinski definition) is 2. The Hall–Kier alpha value is -0.730. The summed E-state index contributed by atoms with van der Waals surface area (Å²) >= 11 is 6.13. The fourth-order valence-corrected chi connectivity index (χ4v) is 2.19. The average Bonchev–Trinajstić information content (AvgIpc) is 2.28. The molecule has 16 heavy (non-hydrogen) atoms. The molecule has 2 nitrogen and oxygen atoms in total. The van der Waals surface area contributed by atoms with Crippen LogP contribution in [-0.2, 0) is 0 Å². The second kappa shape index (κ2) is 6.12. The molecule has 1 atom stereocenters. The first kappa shape index (κ1) is 13.3. The van der Waals surface area contributed by atoms with Crippen molar-refractivity contribution < 1.29 is 4.74 Å². The molecule has 90 valence electrons. The molecule has 0 radical (unpaired) electrons. The highest BCUT2D eigenvalue weighted by Gasteiger charge is 2.11. The van der Waals surface area contributed by atoms with Gasteiger partial charge in [-0.25, -0.2) is 0 Å². The van der Waals surface area contributed by atoms with Gasteiger partial charge in [0.25, 0.3) is 0 Å². The molecule has 1 aromatic rings. The third kappa shape index (κ3) is 3.13. The smallest absolute Gasteiger partial charge is 0.137 e. The van der Waals surface area contributed by atoms with Gasteiger partial charge in [-0.2, -0.15) is 0 Å². The zero-order valence-corrected chi connectivity index (χ0v) is 11.0. The maximum atomic E-state index is 6.13. The topological polar surface area (TPSA) is 35.2 Å². The fraction of sp³-hybridized carbons (Fsp3) is 0.538. The third-order valence-corrected chi connectivity index (χ3v) is 3.21. The predicted molar refractivity (Wildman–Crippen MR) is 69.4 cm³/mol. The van der Waals surface area contributed by atoms with Gasteiger partial charge in [-0.15, -0.1) is 0 Å². The maximum absolute atomic E-state index is 6.13. The minimum atomic E-state index is 0.493. The Morgan fingerprint density at radius 1 is 1.44 bits per heavy atom. The third-order valence-electron chi connectivity index (χ3n) is 2.91. The predicted octanol–water partition coefficient (Wildman–Crippen LogP) is 3.50. The van der Waals surface area contributed by atoms with Crippen molar-refractivity contribution in [3.05, 3.63) is 28.3 Å². The van der Waals surface area contributed by atoms with Gasteiger partial charge in [-0.05, 0) is 55.5 Å². The summed E-state index contributed by atoms with van der Waals surface area (Å²) in [7, 11) is 1.64. The van der Waals surface area contributed by atoms with Gasteiger partial charge in [0.05, 0.1) is 12.1 Å². The lowest BCUT2D eigenvalue weighted by molar-refractivity contribution is 0.414. The summed E-state index contributed by atoms with van der Waals surface area (Å²) in [5.74, 6) is 1.24. The Labute approximate surface area is 103 Å². The van der Waals surface area contributed by atoms with Crippen LogP contribution < -0.4 is 10.5 Å². The van der Waals surface area contributed by atoms with E-state index in [1.165, 1.54) is 11.1 Å². The number of aryl methyl sites for hydroxylation is 1. The van der Waals surface area contributed by atoms with Gasteiger partial charge < -0.3 is 10.5 Å². The highest BCUT2D eigenvalue weighted by Crippen LogP contribution is 2.32. The Morgan fingerprint density at radius 3 is 2.69 bits per heavy atom. The molecule has 0 amide bonds. The van der Waals surface area contributed by atoms with Crippen LogP contribution in [0.2, 0.25) is 5.02 Å². The van der Waals surface area contributed by atoms with Crippen LogP contribution >= 0.6 is 11.6 Å². The minimum Gasteiger partial charge on any atom is -0.495 e. The number of benzene rings is 1. The normalized spacial score (nSPS) is 12.6. The molecule has 0 spiro atoms.